The summed E-state index contributed by atoms with van der Waals surface area (Å²) in [5.41, 5.74) is -0.206. The third-order valence-electron chi connectivity index (χ3n) is 3.92. The second-order valence-corrected chi connectivity index (χ2v) is 8.08. The molecule has 0 saturated heterocycles. The van der Waals surface area contributed by atoms with Gasteiger partial charge in [-0.1, -0.05) is 18.2 Å². The minimum atomic E-state index is -0.992. The molecule has 0 spiro atoms. The lowest BCUT2D eigenvalue weighted by Gasteiger charge is -2.34. The summed E-state index contributed by atoms with van der Waals surface area (Å²) in [4.78, 5) is 39.8. The molecule has 0 radical (unpaired) electrons. The van der Waals surface area contributed by atoms with Crippen molar-refractivity contribution >= 4 is 39.3 Å². The zero-order valence-corrected chi connectivity index (χ0v) is 16.0. The molecular formula is C19H21NO5S. The molecule has 0 N–H and O–H groups in total. The summed E-state index contributed by atoms with van der Waals surface area (Å²) in [5, 5.41) is 0.784. The number of amides is 1. The summed E-state index contributed by atoms with van der Waals surface area (Å²) in [6.45, 7) is 6.89. The summed E-state index contributed by atoms with van der Waals surface area (Å²) < 4.78 is 11.5. The van der Waals surface area contributed by atoms with Gasteiger partial charge in [0, 0.05) is 10.3 Å². The number of nitrogens with zero attached hydrogens (tertiary/aromatic N) is 1. The molecule has 1 unspecified atom stereocenters. The average Bonchev–Trinajstić information content (AvgIpc) is 2.93. The van der Waals surface area contributed by atoms with Crippen LogP contribution in [0.2, 0.25) is 0 Å². The highest BCUT2D eigenvalue weighted by Crippen LogP contribution is 2.42. The molecule has 7 heteroatoms. The van der Waals surface area contributed by atoms with Gasteiger partial charge in [0.15, 0.2) is 11.8 Å². The van der Waals surface area contributed by atoms with Crippen LogP contribution in [0.4, 0.5) is 4.79 Å². The molecule has 26 heavy (non-hydrogen) atoms. The Labute approximate surface area is 155 Å². The van der Waals surface area contributed by atoms with Crippen LogP contribution in [0.3, 0.4) is 0 Å². The first-order chi connectivity index (χ1) is 12.2. The number of fused-ring (bicyclic) bond motifs is 3. The van der Waals surface area contributed by atoms with Crippen LogP contribution in [0.25, 0.3) is 10.1 Å². The summed E-state index contributed by atoms with van der Waals surface area (Å²) in [5.74, 6) is -0.761. The predicted molar refractivity (Wildman–Crippen MR) is 98.5 cm³/mol. The first kappa shape index (κ1) is 18.4. The van der Waals surface area contributed by atoms with Crippen LogP contribution in [0.1, 0.15) is 49.0 Å². The molecule has 0 fully saturated rings. The van der Waals surface area contributed by atoms with Crippen LogP contribution in [0.5, 0.6) is 0 Å². The van der Waals surface area contributed by atoms with Crippen molar-refractivity contribution in [3.05, 3.63) is 34.7 Å². The number of hydrogen-bond donors (Lipinski definition) is 0. The van der Waals surface area contributed by atoms with Gasteiger partial charge in [0.1, 0.15) is 5.60 Å². The molecule has 1 aromatic carbocycles. The Morgan fingerprint density at radius 1 is 1.27 bits per heavy atom. The van der Waals surface area contributed by atoms with Crippen LogP contribution in [-0.4, -0.2) is 41.5 Å². The lowest BCUT2D eigenvalue weighted by atomic mass is 9.96. The van der Waals surface area contributed by atoms with E-state index in [1.807, 2.05) is 24.3 Å². The van der Waals surface area contributed by atoms with Gasteiger partial charge in [-0.15, -0.1) is 11.3 Å². The number of hydrogen-bond acceptors (Lipinski definition) is 6. The number of esters is 1. The van der Waals surface area contributed by atoms with Crippen LogP contribution in [0, 0.1) is 0 Å². The maximum Gasteiger partial charge on any atom is 0.411 e. The summed E-state index contributed by atoms with van der Waals surface area (Å²) in [6, 6.07) is 6.47. The fourth-order valence-electron chi connectivity index (χ4n) is 2.97. The number of thiophene rings is 1. The van der Waals surface area contributed by atoms with Crippen molar-refractivity contribution in [1.82, 2.24) is 4.90 Å². The molecule has 1 atom stereocenters. The first-order valence-corrected chi connectivity index (χ1v) is 9.25. The highest BCUT2D eigenvalue weighted by molar-refractivity contribution is 7.21. The van der Waals surface area contributed by atoms with Crippen molar-refractivity contribution in [2.24, 2.45) is 0 Å². The molecule has 6 nitrogen and oxygen atoms in total. The lowest BCUT2D eigenvalue weighted by molar-refractivity contribution is -0.149. The van der Waals surface area contributed by atoms with E-state index >= 15 is 0 Å². The first-order valence-electron chi connectivity index (χ1n) is 8.44. The number of carbonyl (C=O) groups is 3. The zero-order chi connectivity index (χ0) is 19.1. The molecule has 1 amide bonds. The van der Waals surface area contributed by atoms with E-state index in [9.17, 15) is 14.4 Å². The Kier molecular flexibility index (Phi) is 4.75. The average molecular weight is 375 g/mol. The second-order valence-electron chi connectivity index (χ2n) is 7.03. The third-order valence-corrected chi connectivity index (χ3v) is 5.15. The van der Waals surface area contributed by atoms with Crippen molar-refractivity contribution in [3.8, 4) is 0 Å². The van der Waals surface area contributed by atoms with Crippen molar-refractivity contribution in [3.63, 3.8) is 0 Å². The van der Waals surface area contributed by atoms with E-state index in [1.54, 1.807) is 27.7 Å². The third kappa shape index (κ3) is 3.31. The van der Waals surface area contributed by atoms with Gasteiger partial charge in [-0.25, -0.2) is 9.59 Å². The summed E-state index contributed by atoms with van der Waals surface area (Å²) in [6.07, 6.45) is -0.704. The molecule has 1 aliphatic rings. The molecule has 2 aromatic rings. The highest BCUT2D eigenvalue weighted by Gasteiger charge is 2.44. The van der Waals surface area contributed by atoms with Crippen molar-refractivity contribution in [2.45, 2.75) is 39.3 Å². The van der Waals surface area contributed by atoms with Gasteiger partial charge < -0.3 is 9.47 Å². The van der Waals surface area contributed by atoms with E-state index in [0.29, 0.717) is 10.4 Å². The van der Waals surface area contributed by atoms with E-state index in [0.717, 1.165) is 10.1 Å². The van der Waals surface area contributed by atoms with Crippen molar-refractivity contribution < 1.29 is 23.9 Å². The Bertz CT molecular complexity index is 880. The smallest absolute Gasteiger partial charge is 0.411 e. The number of ether oxygens (including phenoxy) is 2. The molecule has 1 aromatic heterocycles. The van der Waals surface area contributed by atoms with Gasteiger partial charge in [-0.2, -0.15) is 0 Å². The van der Waals surface area contributed by atoms with E-state index in [4.69, 9.17) is 9.47 Å². The van der Waals surface area contributed by atoms with Gasteiger partial charge in [0.25, 0.3) is 0 Å². The fraction of sp³-hybridized carbons (Fsp3) is 0.421. The molecule has 0 saturated carbocycles. The normalized spacial score (nSPS) is 17.2. The number of benzene rings is 1. The zero-order valence-electron chi connectivity index (χ0n) is 15.2. The lowest BCUT2D eigenvalue weighted by Crippen LogP contribution is -2.48. The van der Waals surface area contributed by atoms with Crippen LogP contribution < -0.4 is 0 Å². The standard InChI is InChI=1S/C19H21NO5S/c1-5-24-17(22)15-14-11-8-6-7-9-13(11)26-16(14)12(21)10-20(15)18(23)25-19(2,3)4/h6-9,15H,5,10H2,1-4H3. The van der Waals surface area contributed by atoms with E-state index in [-0.39, 0.29) is 18.9 Å². The maximum atomic E-state index is 12.7. The van der Waals surface area contributed by atoms with Crippen LogP contribution >= 0.6 is 11.3 Å². The second kappa shape index (κ2) is 6.72. The van der Waals surface area contributed by atoms with Crippen molar-refractivity contribution in [1.29, 1.82) is 0 Å². The number of rotatable bonds is 2. The van der Waals surface area contributed by atoms with E-state index in [2.05, 4.69) is 0 Å². The molecule has 3 rings (SSSR count). The SMILES string of the molecule is CCOC(=O)C1c2c(sc3ccccc23)C(=O)CN1C(=O)OC(C)(C)C. The van der Waals surface area contributed by atoms with Crippen LogP contribution in [0.15, 0.2) is 24.3 Å². The quantitative estimate of drug-likeness (QED) is 0.744. The number of Topliss-reactive ketones (excluding diaryl/α,β-unsaturated/α-hetero) is 1. The maximum absolute atomic E-state index is 12.7. The van der Waals surface area contributed by atoms with Gasteiger partial charge >= 0.3 is 12.1 Å². The van der Waals surface area contributed by atoms with Gasteiger partial charge in [-0.3, -0.25) is 9.69 Å². The molecule has 1 aliphatic heterocycles. The highest BCUT2D eigenvalue weighted by atomic mass is 32.1. The summed E-state index contributed by atoms with van der Waals surface area (Å²) in [7, 11) is 0. The molecule has 0 bridgehead atoms. The minimum Gasteiger partial charge on any atom is -0.464 e. The van der Waals surface area contributed by atoms with Gasteiger partial charge in [0.2, 0.25) is 0 Å². The van der Waals surface area contributed by atoms with Gasteiger partial charge in [0.05, 0.1) is 18.0 Å². The minimum absolute atomic E-state index is 0.183. The Balaban J connectivity index is 2.14. The number of ketones is 1. The van der Waals surface area contributed by atoms with Crippen molar-refractivity contribution in [2.75, 3.05) is 13.2 Å². The predicted octanol–water partition coefficient (Wildman–Crippen LogP) is 3.94. The van der Waals surface area contributed by atoms with Gasteiger partial charge in [-0.05, 0) is 39.1 Å². The summed E-state index contributed by atoms with van der Waals surface area (Å²) >= 11 is 1.34. The molecular weight excluding hydrogens is 354 g/mol. The Morgan fingerprint density at radius 2 is 1.96 bits per heavy atom. The van der Waals surface area contributed by atoms with E-state index in [1.165, 1.54) is 16.2 Å². The van der Waals surface area contributed by atoms with E-state index < -0.39 is 23.7 Å². The number of carbonyl (C=O) groups excluding carboxylic acids is 3. The molecule has 0 aliphatic carbocycles. The largest absolute Gasteiger partial charge is 0.464 e. The molecule has 2 heterocycles. The molecule has 138 valence electrons. The topological polar surface area (TPSA) is 72.9 Å². The Morgan fingerprint density at radius 3 is 2.62 bits per heavy atom. The van der Waals surface area contributed by atoms with Crippen LogP contribution in [-0.2, 0) is 14.3 Å². The fourth-order valence-corrected chi connectivity index (χ4v) is 4.14. The monoisotopic (exact) mass is 375 g/mol. The Hall–Kier alpha value is -2.41.